The molecule has 1 N–H and O–H groups in total. The molecular weight excluding hydrogens is 520 g/mol. The number of carbonyl (C=O) groups is 1. The minimum absolute atomic E-state index is 0.254. The molecule has 0 aliphatic carbocycles. The SMILES string of the molecule is O=C(N/N=C\c1ccc(OCc2ccc(Br)cc2)c(Br)c1)c1ccc2ccccc2c1. The number of hydrogen-bond donors (Lipinski definition) is 1. The maximum absolute atomic E-state index is 12.4. The molecular formula is C25H18Br2N2O2. The van der Waals surface area contributed by atoms with Crippen LogP contribution in [0.3, 0.4) is 0 Å². The van der Waals surface area contributed by atoms with Gasteiger partial charge in [0.1, 0.15) is 12.4 Å². The van der Waals surface area contributed by atoms with E-state index in [1.54, 1.807) is 12.3 Å². The Morgan fingerprint density at radius 2 is 1.68 bits per heavy atom. The molecule has 0 aliphatic rings. The number of nitrogens with one attached hydrogen (secondary N) is 1. The molecule has 31 heavy (non-hydrogen) atoms. The lowest BCUT2D eigenvalue weighted by atomic mass is 10.1. The van der Waals surface area contributed by atoms with Crippen LogP contribution in [0, 0.1) is 0 Å². The van der Waals surface area contributed by atoms with Crippen molar-refractivity contribution in [2.45, 2.75) is 6.61 Å². The van der Waals surface area contributed by atoms with Gasteiger partial charge in [0.15, 0.2) is 0 Å². The molecule has 0 atom stereocenters. The maximum atomic E-state index is 12.4. The van der Waals surface area contributed by atoms with E-state index in [9.17, 15) is 4.79 Å². The summed E-state index contributed by atoms with van der Waals surface area (Å²) < 4.78 is 7.73. The smallest absolute Gasteiger partial charge is 0.271 e. The van der Waals surface area contributed by atoms with E-state index >= 15 is 0 Å². The first-order chi connectivity index (χ1) is 15.1. The topological polar surface area (TPSA) is 50.7 Å². The van der Waals surface area contributed by atoms with E-state index in [-0.39, 0.29) is 5.91 Å². The molecule has 154 valence electrons. The van der Waals surface area contributed by atoms with Crippen LogP contribution in [-0.4, -0.2) is 12.1 Å². The van der Waals surface area contributed by atoms with Crippen LogP contribution in [-0.2, 0) is 6.61 Å². The minimum Gasteiger partial charge on any atom is -0.488 e. The summed E-state index contributed by atoms with van der Waals surface area (Å²) >= 11 is 6.96. The summed E-state index contributed by atoms with van der Waals surface area (Å²) in [6.07, 6.45) is 1.60. The molecule has 1 amide bonds. The average Bonchev–Trinajstić information content (AvgIpc) is 2.79. The van der Waals surface area contributed by atoms with Gasteiger partial charge in [0.05, 0.1) is 10.7 Å². The van der Waals surface area contributed by atoms with Gasteiger partial charge in [0.2, 0.25) is 0 Å². The van der Waals surface area contributed by atoms with Crippen molar-refractivity contribution >= 4 is 54.8 Å². The zero-order valence-corrected chi connectivity index (χ0v) is 19.6. The summed E-state index contributed by atoms with van der Waals surface area (Å²) in [5, 5.41) is 6.19. The number of carbonyl (C=O) groups excluding carboxylic acids is 1. The lowest BCUT2D eigenvalue weighted by Crippen LogP contribution is -2.17. The van der Waals surface area contributed by atoms with Gasteiger partial charge in [0, 0.05) is 10.0 Å². The standard InChI is InChI=1S/C25H18Br2N2O2/c26-22-10-5-17(6-11-22)16-31-24-12-7-18(13-23(24)27)15-28-29-25(30)21-9-8-19-3-1-2-4-20(19)14-21/h1-15H,16H2,(H,29,30)/b28-15-. The van der Waals surface area contributed by atoms with E-state index in [4.69, 9.17) is 4.74 Å². The van der Waals surface area contributed by atoms with Crippen molar-refractivity contribution in [1.82, 2.24) is 5.43 Å². The number of amides is 1. The zero-order chi connectivity index (χ0) is 21.6. The number of nitrogens with zero attached hydrogens (tertiary/aromatic N) is 1. The van der Waals surface area contributed by atoms with Gasteiger partial charge in [-0.05, 0) is 80.3 Å². The second-order valence-electron chi connectivity index (χ2n) is 6.87. The first-order valence-electron chi connectivity index (χ1n) is 9.57. The predicted octanol–water partition coefficient (Wildman–Crippen LogP) is 6.71. The van der Waals surface area contributed by atoms with Gasteiger partial charge in [-0.15, -0.1) is 0 Å². The van der Waals surface area contributed by atoms with Gasteiger partial charge in [0.25, 0.3) is 5.91 Å². The summed E-state index contributed by atoms with van der Waals surface area (Å²) in [6, 6.07) is 27.1. The quantitative estimate of drug-likeness (QED) is 0.219. The molecule has 0 heterocycles. The summed E-state index contributed by atoms with van der Waals surface area (Å²) in [7, 11) is 0. The highest BCUT2D eigenvalue weighted by atomic mass is 79.9. The molecule has 0 aliphatic heterocycles. The summed E-state index contributed by atoms with van der Waals surface area (Å²) in [6.45, 7) is 0.473. The van der Waals surface area contributed by atoms with Crippen molar-refractivity contribution in [1.29, 1.82) is 0 Å². The van der Waals surface area contributed by atoms with Gasteiger partial charge < -0.3 is 4.74 Å². The van der Waals surface area contributed by atoms with E-state index in [0.29, 0.717) is 12.2 Å². The van der Waals surface area contributed by atoms with E-state index in [1.165, 1.54) is 0 Å². The van der Waals surface area contributed by atoms with E-state index < -0.39 is 0 Å². The highest BCUT2D eigenvalue weighted by Crippen LogP contribution is 2.26. The second kappa shape index (κ2) is 9.90. The summed E-state index contributed by atoms with van der Waals surface area (Å²) in [5.41, 5.74) is 5.06. The van der Waals surface area contributed by atoms with E-state index in [2.05, 4.69) is 42.4 Å². The van der Waals surface area contributed by atoms with Crippen LogP contribution >= 0.6 is 31.9 Å². The Hall–Kier alpha value is -2.96. The molecule has 0 saturated heterocycles. The number of hydrogen-bond acceptors (Lipinski definition) is 3. The number of halogens is 2. The van der Waals surface area contributed by atoms with Crippen LogP contribution in [0.1, 0.15) is 21.5 Å². The maximum Gasteiger partial charge on any atom is 0.271 e. The Morgan fingerprint density at radius 3 is 2.45 bits per heavy atom. The van der Waals surface area contributed by atoms with Crippen LogP contribution < -0.4 is 10.2 Å². The van der Waals surface area contributed by atoms with Gasteiger partial charge in [-0.2, -0.15) is 5.10 Å². The largest absolute Gasteiger partial charge is 0.488 e. The number of ether oxygens (including phenoxy) is 1. The summed E-state index contributed by atoms with van der Waals surface area (Å²) in [5.74, 6) is 0.482. The Labute approximate surface area is 197 Å². The van der Waals surface area contributed by atoms with Gasteiger partial charge in [-0.1, -0.05) is 58.4 Å². The van der Waals surface area contributed by atoms with Crippen molar-refractivity contribution in [3.05, 3.63) is 111 Å². The summed E-state index contributed by atoms with van der Waals surface area (Å²) in [4.78, 5) is 12.4. The average molecular weight is 538 g/mol. The Balaban J connectivity index is 1.36. The predicted molar refractivity (Wildman–Crippen MR) is 132 cm³/mol. The van der Waals surface area contributed by atoms with Crippen molar-refractivity contribution in [2.75, 3.05) is 0 Å². The fourth-order valence-corrected chi connectivity index (χ4v) is 3.79. The third-order valence-corrected chi connectivity index (χ3v) is 5.80. The number of hydrazone groups is 1. The van der Waals surface area contributed by atoms with Gasteiger partial charge >= 0.3 is 0 Å². The highest BCUT2D eigenvalue weighted by Gasteiger charge is 2.06. The Kier molecular flexibility index (Phi) is 6.79. The third-order valence-electron chi connectivity index (χ3n) is 4.65. The van der Waals surface area contributed by atoms with Crippen LogP contribution in [0.2, 0.25) is 0 Å². The second-order valence-corrected chi connectivity index (χ2v) is 8.64. The van der Waals surface area contributed by atoms with Crippen LogP contribution in [0.5, 0.6) is 5.75 Å². The zero-order valence-electron chi connectivity index (χ0n) is 16.4. The van der Waals surface area contributed by atoms with Crippen molar-refractivity contribution in [2.24, 2.45) is 5.10 Å². The molecule has 4 nitrogen and oxygen atoms in total. The normalized spacial score (nSPS) is 11.0. The van der Waals surface area contributed by atoms with Crippen LogP contribution in [0.15, 0.2) is 99.0 Å². The molecule has 0 bridgehead atoms. The van der Waals surface area contributed by atoms with Crippen molar-refractivity contribution in [3.8, 4) is 5.75 Å². The Bertz CT molecular complexity index is 1250. The molecule has 4 rings (SSSR count). The molecule has 0 spiro atoms. The lowest BCUT2D eigenvalue weighted by molar-refractivity contribution is 0.0955. The fraction of sp³-hybridized carbons (Fsp3) is 0.0400. The van der Waals surface area contributed by atoms with Crippen molar-refractivity contribution in [3.63, 3.8) is 0 Å². The molecule has 0 saturated carbocycles. The van der Waals surface area contributed by atoms with Crippen LogP contribution in [0.4, 0.5) is 0 Å². The molecule has 0 fully saturated rings. The van der Waals surface area contributed by atoms with Crippen molar-refractivity contribution < 1.29 is 9.53 Å². The number of fused-ring (bicyclic) bond motifs is 1. The molecule has 0 radical (unpaired) electrons. The van der Waals surface area contributed by atoms with Gasteiger partial charge in [-0.3, -0.25) is 4.79 Å². The molecule has 4 aromatic carbocycles. The lowest BCUT2D eigenvalue weighted by Gasteiger charge is -2.09. The molecule has 0 unspecified atom stereocenters. The van der Waals surface area contributed by atoms with E-state index in [1.807, 2.05) is 78.9 Å². The first kappa shape index (κ1) is 21.3. The minimum atomic E-state index is -0.254. The highest BCUT2D eigenvalue weighted by molar-refractivity contribution is 9.10. The number of benzene rings is 4. The molecule has 4 aromatic rings. The first-order valence-corrected chi connectivity index (χ1v) is 11.2. The van der Waals surface area contributed by atoms with E-state index in [0.717, 1.165) is 36.6 Å². The molecule has 0 aromatic heterocycles. The Morgan fingerprint density at radius 1 is 0.903 bits per heavy atom. The van der Waals surface area contributed by atoms with Crippen LogP contribution in [0.25, 0.3) is 10.8 Å². The number of rotatable bonds is 6. The fourth-order valence-electron chi connectivity index (χ4n) is 3.02. The van der Waals surface area contributed by atoms with Gasteiger partial charge in [-0.25, -0.2) is 5.43 Å². The third kappa shape index (κ3) is 5.60. The molecule has 6 heteroatoms. The monoisotopic (exact) mass is 536 g/mol.